The monoisotopic (exact) mass is 428 g/mol. The predicted molar refractivity (Wildman–Crippen MR) is 107 cm³/mol. The van der Waals surface area contributed by atoms with Gasteiger partial charge in [-0.15, -0.1) is 0 Å². The lowest BCUT2D eigenvalue weighted by Crippen LogP contribution is -2.40. The Morgan fingerprint density at radius 1 is 1.19 bits per heavy atom. The molecule has 27 heavy (non-hydrogen) atoms. The third-order valence-corrected chi connectivity index (χ3v) is 6.33. The molecule has 6 heteroatoms. The SMILES string of the molecule is Cc1cc(N2CC(C(=O)N3CCc4ccc(O)cc4C3)CC2=O)ccc1Br. The standard InChI is InChI=1S/C21H21BrN2O3/c1-13-8-17(3-5-19(13)22)24-12-16(10-20(24)26)21(27)23-7-6-14-2-4-18(25)9-15(14)11-23/h2-5,8-9,16,25H,6-7,10-12H2,1H3. The molecule has 0 spiro atoms. The molecular formula is C21H21BrN2O3. The van der Waals surface area contributed by atoms with Gasteiger partial charge in [-0.25, -0.2) is 0 Å². The normalized spacial score (nSPS) is 19.3. The van der Waals surface area contributed by atoms with Crippen LogP contribution in [0.1, 0.15) is 23.1 Å². The predicted octanol–water partition coefficient (Wildman–Crippen LogP) is 3.40. The fourth-order valence-electron chi connectivity index (χ4n) is 3.91. The summed E-state index contributed by atoms with van der Waals surface area (Å²) in [7, 11) is 0. The number of carbonyl (C=O) groups is 2. The summed E-state index contributed by atoms with van der Waals surface area (Å²) < 4.78 is 1.00. The van der Waals surface area contributed by atoms with Gasteiger partial charge >= 0.3 is 0 Å². The van der Waals surface area contributed by atoms with E-state index in [0.717, 1.165) is 27.7 Å². The topological polar surface area (TPSA) is 60.9 Å². The smallest absolute Gasteiger partial charge is 0.228 e. The average Bonchev–Trinajstić information content (AvgIpc) is 3.04. The molecule has 5 nitrogen and oxygen atoms in total. The zero-order valence-corrected chi connectivity index (χ0v) is 16.7. The molecule has 2 heterocycles. The highest BCUT2D eigenvalue weighted by atomic mass is 79.9. The van der Waals surface area contributed by atoms with E-state index >= 15 is 0 Å². The summed E-state index contributed by atoms with van der Waals surface area (Å²) in [5, 5.41) is 9.70. The minimum atomic E-state index is -0.319. The molecule has 1 atom stereocenters. The second kappa shape index (κ2) is 7.00. The number of hydrogen-bond acceptors (Lipinski definition) is 3. The van der Waals surface area contributed by atoms with E-state index in [2.05, 4.69) is 15.9 Å². The number of aryl methyl sites for hydroxylation is 1. The molecule has 0 saturated carbocycles. The number of amides is 2. The van der Waals surface area contributed by atoms with E-state index < -0.39 is 0 Å². The van der Waals surface area contributed by atoms with E-state index in [-0.39, 0.29) is 29.9 Å². The highest BCUT2D eigenvalue weighted by molar-refractivity contribution is 9.10. The third kappa shape index (κ3) is 3.46. The Labute approximate surface area is 166 Å². The van der Waals surface area contributed by atoms with Crippen LogP contribution in [0.3, 0.4) is 0 Å². The molecule has 2 aliphatic rings. The van der Waals surface area contributed by atoms with Crippen molar-refractivity contribution in [2.45, 2.75) is 26.3 Å². The summed E-state index contributed by atoms with van der Waals surface area (Å²) in [6.45, 7) is 3.54. The molecule has 2 aliphatic heterocycles. The second-order valence-corrected chi connectivity index (χ2v) is 8.16. The maximum absolute atomic E-state index is 13.0. The minimum absolute atomic E-state index is 0.00914. The number of benzene rings is 2. The quantitative estimate of drug-likeness (QED) is 0.796. The summed E-state index contributed by atoms with van der Waals surface area (Å²) in [4.78, 5) is 29.1. The van der Waals surface area contributed by atoms with Crippen LogP contribution in [0.5, 0.6) is 5.75 Å². The molecular weight excluding hydrogens is 408 g/mol. The van der Waals surface area contributed by atoms with Gasteiger partial charge in [0.15, 0.2) is 0 Å². The molecule has 4 rings (SSSR count). The van der Waals surface area contributed by atoms with Crippen molar-refractivity contribution in [3.8, 4) is 5.75 Å². The molecule has 1 N–H and O–H groups in total. The van der Waals surface area contributed by atoms with E-state index in [1.165, 1.54) is 5.56 Å². The maximum atomic E-state index is 13.0. The summed E-state index contributed by atoms with van der Waals surface area (Å²) in [6.07, 6.45) is 1.02. The van der Waals surface area contributed by atoms with Gasteiger partial charge < -0.3 is 14.9 Å². The minimum Gasteiger partial charge on any atom is -0.508 e. The Hall–Kier alpha value is -2.34. The van der Waals surface area contributed by atoms with Gasteiger partial charge in [-0.3, -0.25) is 9.59 Å². The van der Waals surface area contributed by atoms with E-state index in [1.807, 2.05) is 36.1 Å². The lowest BCUT2D eigenvalue weighted by atomic mass is 9.97. The Bertz CT molecular complexity index is 928. The number of carbonyl (C=O) groups excluding carboxylic acids is 2. The summed E-state index contributed by atoms with van der Waals surface area (Å²) in [5.74, 6) is -0.0880. The first-order chi connectivity index (χ1) is 12.9. The highest BCUT2D eigenvalue weighted by Crippen LogP contribution is 2.31. The molecule has 1 saturated heterocycles. The van der Waals surface area contributed by atoms with Crippen molar-refractivity contribution >= 4 is 33.4 Å². The molecule has 0 aliphatic carbocycles. The largest absolute Gasteiger partial charge is 0.508 e. The number of anilines is 1. The fraction of sp³-hybridized carbons (Fsp3) is 0.333. The lowest BCUT2D eigenvalue weighted by molar-refractivity contribution is -0.136. The Kier molecular flexibility index (Phi) is 4.68. The highest BCUT2D eigenvalue weighted by Gasteiger charge is 2.38. The van der Waals surface area contributed by atoms with Gasteiger partial charge in [-0.1, -0.05) is 22.0 Å². The maximum Gasteiger partial charge on any atom is 0.228 e. The van der Waals surface area contributed by atoms with Gasteiger partial charge in [0.1, 0.15) is 5.75 Å². The van der Waals surface area contributed by atoms with Gasteiger partial charge in [0.25, 0.3) is 0 Å². The van der Waals surface area contributed by atoms with E-state index in [0.29, 0.717) is 19.6 Å². The number of hydrogen-bond donors (Lipinski definition) is 1. The molecule has 0 radical (unpaired) electrons. The van der Waals surface area contributed by atoms with E-state index in [4.69, 9.17) is 0 Å². The van der Waals surface area contributed by atoms with Crippen LogP contribution < -0.4 is 4.90 Å². The Morgan fingerprint density at radius 2 is 2.00 bits per heavy atom. The van der Waals surface area contributed by atoms with Crippen molar-refractivity contribution in [2.24, 2.45) is 5.92 Å². The molecule has 0 aromatic heterocycles. The summed E-state index contributed by atoms with van der Waals surface area (Å²) in [6, 6.07) is 11.1. The van der Waals surface area contributed by atoms with Gasteiger partial charge in [0.05, 0.1) is 5.92 Å². The van der Waals surface area contributed by atoms with E-state index in [1.54, 1.807) is 17.0 Å². The first-order valence-corrected chi connectivity index (χ1v) is 9.88. The van der Waals surface area contributed by atoms with Crippen molar-refractivity contribution in [3.05, 3.63) is 57.6 Å². The first-order valence-electron chi connectivity index (χ1n) is 9.08. The number of halogens is 1. The molecule has 1 unspecified atom stereocenters. The lowest BCUT2D eigenvalue weighted by Gasteiger charge is -2.31. The molecule has 0 bridgehead atoms. The van der Waals surface area contributed by atoms with Crippen LogP contribution in [-0.2, 0) is 22.6 Å². The zero-order valence-electron chi connectivity index (χ0n) is 15.1. The number of aromatic hydroxyl groups is 1. The van der Waals surface area contributed by atoms with Gasteiger partial charge in [0, 0.05) is 36.2 Å². The van der Waals surface area contributed by atoms with Crippen LogP contribution in [-0.4, -0.2) is 34.9 Å². The summed E-state index contributed by atoms with van der Waals surface area (Å²) >= 11 is 3.48. The number of phenolic OH excluding ortho intramolecular Hbond substituents is 1. The fourth-order valence-corrected chi connectivity index (χ4v) is 4.16. The van der Waals surface area contributed by atoms with Crippen LogP contribution in [0, 0.1) is 12.8 Å². The van der Waals surface area contributed by atoms with Crippen molar-refractivity contribution in [1.82, 2.24) is 4.90 Å². The van der Waals surface area contributed by atoms with Gasteiger partial charge in [-0.05, 0) is 60.4 Å². The van der Waals surface area contributed by atoms with Crippen LogP contribution in [0.15, 0.2) is 40.9 Å². The second-order valence-electron chi connectivity index (χ2n) is 7.30. The molecule has 2 amide bonds. The summed E-state index contributed by atoms with van der Waals surface area (Å²) in [5.41, 5.74) is 4.05. The number of rotatable bonds is 2. The molecule has 2 aromatic carbocycles. The number of nitrogens with zero attached hydrogens (tertiary/aromatic N) is 2. The molecule has 140 valence electrons. The van der Waals surface area contributed by atoms with Crippen LogP contribution in [0.25, 0.3) is 0 Å². The van der Waals surface area contributed by atoms with Crippen molar-refractivity contribution < 1.29 is 14.7 Å². The van der Waals surface area contributed by atoms with Crippen LogP contribution in [0.2, 0.25) is 0 Å². The molecule has 2 aromatic rings. The van der Waals surface area contributed by atoms with E-state index in [9.17, 15) is 14.7 Å². The van der Waals surface area contributed by atoms with Crippen LogP contribution >= 0.6 is 15.9 Å². The third-order valence-electron chi connectivity index (χ3n) is 5.44. The van der Waals surface area contributed by atoms with Crippen molar-refractivity contribution in [3.63, 3.8) is 0 Å². The molecule has 1 fully saturated rings. The Balaban J connectivity index is 1.49. The first kappa shape index (κ1) is 18.0. The average molecular weight is 429 g/mol. The number of fused-ring (bicyclic) bond motifs is 1. The van der Waals surface area contributed by atoms with Gasteiger partial charge in [0.2, 0.25) is 11.8 Å². The van der Waals surface area contributed by atoms with Crippen molar-refractivity contribution in [1.29, 1.82) is 0 Å². The van der Waals surface area contributed by atoms with Crippen molar-refractivity contribution in [2.75, 3.05) is 18.0 Å². The zero-order chi connectivity index (χ0) is 19.1. The Morgan fingerprint density at radius 3 is 2.78 bits per heavy atom. The van der Waals surface area contributed by atoms with Crippen LogP contribution in [0.4, 0.5) is 5.69 Å². The number of phenols is 1. The van der Waals surface area contributed by atoms with Gasteiger partial charge in [-0.2, -0.15) is 0 Å².